The number of amides is 1. The molecule has 0 saturated carbocycles. The molecule has 0 saturated heterocycles. The summed E-state index contributed by atoms with van der Waals surface area (Å²) in [5.41, 5.74) is 15.0. The lowest BCUT2D eigenvalue weighted by Crippen LogP contribution is -2.22. The fourth-order valence-corrected chi connectivity index (χ4v) is 4.59. The number of anilines is 1. The van der Waals surface area contributed by atoms with E-state index in [4.69, 9.17) is 11.5 Å². The van der Waals surface area contributed by atoms with Crippen molar-refractivity contribution in [1.29, 1.82) is 0 Å². The fraction of sp³-hybridized carbons (Fsp3) is 0.138. The Hall–Kier alpha value is -5.25. The van der Waals surface area contributed by atoms with E-state index in [0.717, 1.165) is 46.2 Å². The molecule has 6 aromatic rings. The van der Waals surface area contributed by atoms with E-state index in [1.54, 1.807) is 18.5 Å². The number of carbonyl (C=O) groups is 1. The third-order valence-electron chi connectivity index (χ3n) is 6.44. The molecule has 2 aromatic carbocycles. The first-order valence-corrected chi connectivity index (χ1v) is 12.6. The Balaban J connectivity index is 0.000000198. The average molecular weight is 521 g/mol. The van der Waals surface area contributed by atoms with Crippen molar-refractivity contribution in [3.8, 4) is 16.8 Å². The highest BCUT2D eigenvalue weighted by Gasteiger charge is 2.16. The third-order valence-corrected chi connectivity index (χ3v) is 6.44. The number of rotatable bonds is 5. The highest BCUT2D eigenvalue weighted by molar-refractivity contribution is 6.03. The minimum Gasteiger partial charge on any atom is -0.381 e. The van der Waals surface area contributed by atoms with Crippen molar-refractivity contribution in [2.75, 3.05) is 5.73 Å². The van der Waals surface area contributed by atoms with Crippen LogP contribution in [0.5, 0.6) is 0 Å². The summed E-state index contributed by atoms with van der Waals surface area (Å²) in [6.07, 6.45) is 7.80. The van der Waals surface area contributed by atoms with Crippen LogP contribution < -0.4 is 17.0 Å². The normalized spacial score (nSPS) is 10.9. The lowest BCUT2D eigenvalue weighted by atomic mass is 10.0. The van der Waals surface area contributed by atoms with Crippen molar-refractivity contribution >= 4 is 28.1 Å². The summed E-state index contributed by atoms with van der Waals surface area (Å²) in [5.74, 6) is -0.516. The van der Waals surface area contributed by atoms with Crippen LogP contribution >= 0.6 is 0 Å². The molecule has 10 nitrogen and oxygen atoms in total. The van der Waals surface area contributed by atoms with E-state index < -0.39 is 5.91 Å². The van der Waals surface area contributed by atoms with Crippen LogP contribution in [0.25, 0.3) is 33.2 Å². The van der Waals surface area contributed by atoms with Gasteiger partial charge in [0.15, 0.2) is 11.5 Å². The molecule has 4 heterocycles. The van der Waals surface area contributed by atoms with E-state index in [-0.39, 0.29) is 16.9 Å². The van der Waals surface area contributed by atoms with E-state index in [1.807, 2.05) is 70.2 Å². The largest absolute Gasteiger partial charge is 0.381 e. The van der Waals surface area contributed by atoms with E-state index in [2.05, 4.69) is 35.1 Å². The number of carbonyl (C=O) groups excluding carboxylic acids is 1. The smallest absolute Gasteiger partial charge is 0.263 e. The van der Waals surface area contributed by atoms with Gasteiger partial charge in [-0.25, -0.2) is 9.50 Å². The lowest BCUT2D eigenvalue weighted by Gasteiger charge is -2.15. The molecule has 0 bridgehead atoms. The van der Waals surface area contributed by atoms with Crippen LogP contribution in [0, 0.1) is 0 Å². The van der Waals surface area contributed by atoms with Crippen LogP contribution in [0.1, 0.15) is 29.9 Å². The van der Waals surface area contributed by atoms with E-state index in [0.29, 0.717) is 5.65 Å². The van der Waals surface area contributed by atoms with Gasteiger partial charge in [0.1, 0.15) is 5.56 Å². The quantitative estimate of drug-likeness (QED) is 0.354. The van der Waals surface area contributed by atoms with Crippen molar-refractivity contribution < 1.29 is 4.79 Å². The monoisotopic (exact) mass is 520 g/mol. The van der Waals surface area contributed by atoms with Crippen LogP contribution in [0.3, 0.4) is 0 Å². The molecule has 0 fully saturated rings. The van der Waals surface area contributed by atoms with Gasteiger partial charge in [-0.05, 0) is 48.6 Å². The second-order valence-electron chi connectivity index (χ2n) is 8.83. The van der Waals surface area contributed by atoms with Gasteiger partial charge in [0.25, 0.3) is 11.5 Å². The molecule has 39 heavy (non-hydrogen) atoms. The molecular formula is C29H28N8O2. The first-order chi connectivity index (χ1) is 18.9. The van der Waals surface area contributed by atoms with Crippen LogP contribution in [-0.2, 0) is 13.0 Å². The maximum Gasteiger partial charge on any atom is 0.263 e. The summed E-state index contributed by atoms with van der Waals surface area (Å²) in [4.78, 5) is 28.4. The van der Waals surface area contributed by atoms with Gasteiger partial charge in [-0.2, -0.15) is 5.10 Å². The fourth-order valence-electron chi connectivity index (χ4n) is 4.59. The Labute approximate surface area is 224 Å². The Morgan fingerprint density at radius 2 is 1.82 bits per heavy atom. The Bertz CT molecular complexity index is 1850. The number of nitrogens with two attached hydrogens (primary N) is 2. The standard InChI is InChI=1S/C22H21N3O.C7H7N5O/c1-3-18-13-16-9-8-12-20(17-14-23-24(4-2)15-17)21(16)22(26)25(18)19-10-6-5-7-11-19;8-5-4(6(9)13)7-10-2-1-3-12(7)11-5/h5-15H,3-4H2,1-2H3;1-3H,(H2,8,11)(H2,9,13). The molecule has 1 amide bonds. The van der Waals surface area contributed by atoms with Gasteiger partial charge in [-0.1, -0.05) is 43.3 Å². The number of pyridine rings is 1. The van der Waals surface area contributed by atoms with Gasteiger partial charge in [-0.3, -0.25) is 18.8 Å². The van der Waals surface area contributed by atoms with Gasteiger partial charge in [-0.15, -0.1) is 5.10 Å². The van der Waals surface area contributed by atoms with Crippen LogP contribution in [0.15, 0.2) is 90.2 Å². The summed E-state index contributed by atoms with van der Waals surface area (Å²) in [6, 6.07) is 19.7. The van der Waals surface area contributed by atoms with E-state index in [1.165, 1.54) is 4.52 Å². The number of nitrogens with zero attached hydrogens (tertiary/aromatic N) is 6. The Kier molecular flexibility index (Phi) is 6.92. The molecule has 0 aliphatic rings. The second kappa shape index (κ2) is 10.6. The summed E-state index contributed by atoms with van der Waals surface area (Å²) in [7, 11) is 0. The van der Waals surface area contributed by atoms with E-state index in [9.17, 15) is 9.59 Å². The van der Waals surface area contributed by atoms with Gasteiger partial charge >= 0.3 is 0 Å². The molecular weight excluding hydrogens is 492 g/mol. The molecule has 6 rings (SSSR count). The second-order valence-corrected chi connectivity index (χ2v) is 8.83. The van der Waals surface area contributed by atoms with Crippen LogP contribution in [-0.4, -0.2) is 34.9 Å². The van der Waals surface area contributed by atoms with Crippen LogP contribution in [0.2, 0.25) is 0 Å². The van der Waals surface area contributed by atoms with Gasteiger partial charge in [0, 0.05) is 42.1 Å². The number of primary amides is 1. The molecule has 4 N–H and O–H groups in total. The summed E-state index contributed by atoms with van der Waals surface area (Å²) < 4.78 is 5.12. The Morgan fingerprint density at radius 1 is 1.03 bits per heavy atom. The molecule has 0 unspecified atom stereocenters. The van der Waals surface area contributed by atoms with Crippen molar-refractivity contribution in [3.05, 3.63) is 107 Å². The van der Waals surface area contributed by atoms with Crippen molar-refractivity contribution in [2.24, 2.45) is 5.73 Å². The highest BCUT2D eigenvalue weighted by Crippen LogP contribution is 2.27. The maximum absolute atomic E-state index is 13.5. The predicted molar refractivity (Wildman–Crippen MR) is 152 cm³/mol. The first kappa shape index (κ1) is 25.4. The highest BCUT2D eigenvalue weighted by atomic mass is 16.1. The Morgan fingerprint density at radius 3 is 2.51 bits per heavy atom. The van der Waals surface area contributed by atoms with Crippen LogP contribution in [0.4, 0.5) is 5.82 Å². The zero-order valence-corrected chi connectivity index (χ0v) is 21.7. The number of hydrogen-bond donors (Lipinski definition) is 2. The summed E-state index contributed by atoms with van der Waals surface area (Å²) in [6.45, 7) is 4.93. The minimum atomic E-state index is -0.619. The van der Waals surface area contributed by atoms with Gasteiger partial charge < -0.3 is 11.5 Å². The van der Waals surface area contributed by atoms with Crippen molar-refractivity contribution in [1.82, 2.24) is 28.9 Å². The number of nitrogen functional groups attached to an aromatic ring is 1. The molecule has 0 aliphatic heterocycles. The zero-order chi connectivity index (χ0) is 27.5. The average Bonchev–Trinajstić information content (AvgIpc) is 3.57. The minimum absolute atomic E-state index is 0.0189. The van der Waals surface area contributed by atoms with Crippen molar-refractivity contribution in [3.63, 3.8) is 0 Å². The topological polar surface area (TPSA) is 139 Å². The molecule has 0 spiro atoms. The van der Waals surface area contributed by atoms with Crippen molar-refractivity contribution in [2.45, 2.75) is 26.8 Å². The summed E-state index contributed by atoms with van der Waals surface area (Å²) in [5, 5.41) is 9.95. The zero-order valence-electron chi connectivity index (χ0n) is 21.7. The molecule has 0 radical (unpaired) electrons. The number of para-hydroxylation sites is 1. The predicted octanol–water partition coefficient (Wildman–Crippen LogP) is 3.85. The molecule has 0 atom stereocenters. The molecule has 4 aromatic heterocycles. The van der Waals surface area contributed by atoms with Gasteiger partial charge in [0.2, 0.25) is 0 Å². The number of benzene rings is 2. The number of aromatic nitrogens is 6. The maximum atomic E-state index is 13.5. The summed E-state index contributed by atoms with van der Waals surface area (Å²) >= 11 is 0. The molecule has 0 aliphatic carbocycles. The first-order valence-electron chi connectivity index (χ1n) is 12.6. The van der Waals surface area contributed by atoms with Gasteiger partial charge in [0.05, 0.1) is 11.6 Å². The number of hydrogen-bond acceptors (Lipinski definition) is 6. The molecule has 10 heteroatoms. The van der Waals surface area contributed by atoms with E-state index >= 15 is 0 Å². The molecule has 196 valence electrons. The third kappa shape index (κ3) is 4.75. The SMILES string of the molecule is CCc1cc2cccc(-c3cnn(CC)c3)c2c(=O)n1-c1ccccc1.NC(=O)c1c(N)nn2cccnc12. The number of aryl methyl sites for hydroxylation is 2. The number of fused-ring (bicyclic) bond motifs is 2. The lowest BCUT2D eigenvalue weighted by molar-refractivity contribution is 0.100.